The van der Waals surface area contributed by atoms with Gasteiger partial charge in [-0.15, -0.1) is 0 Å². The summed E-state index contributed by atoms with van der Waals surface area (Å²) in [5.74, 6) is 1.45. The highest BCUT2D eigenvalue weighted by molar-refractivity contribution is 5.07. The molecule has 1 aromatic rings. The molecule has 1 saturated heterocycles. The van der Waals surface area contributed by atoms with Crippen molar-refractivity contribution in [2.24, 2.45) is 0 Å². The van der Waals surface area contributed by atoms with Crippen molar-refractivity contribution in [3.05, 3.63) is 18.1 Å². The lowest BCUT2D eigenvalue weighted by atomic mass is 10.1. The van der Waals surface area contributed by atoms with Crippen LogP contribution < -0.4 is 4.74 Å². The average molecular weight is 235 g/mol. The number of hydrogen-bond donors (Lipinski definition) is 0. The van der Waals surface area contributed by atoms with E-state index in [0.29, 0.717) is 5.88 Å². The van der Waals surface area contributed by atoms with Crippen molar-refractivity contribution in [1.29, 1.82) is 0 Å². The van der Waals surface area contributed by atoms with Crippen molar-refractivity contribution in [3.63, 3.8) is 0 Å². The third-order valence-corrected chi connectivity index (χ3v) is 3.07. The molecule has 0 radical (unpaired) electrons. The molecule has 0 bridgehead atoms. The van der Waals surface area contributed by atoms with Crippen LogP contribution in [0.25, 0.3) is 0 Å². The van der Waals surface area contributed by atoms with Gasteiger partial charge >= 0.3 is 0 Å². The van der Waals surface area contributed by atoms with E-state index in [4.69, 9.17) is 4.74 Å². The van der Waals surface area contributed by atoms with Crippen molar-refractivity contribution in [1.82, 2.24) is 14.9 Å². The molecule has 2 rings (SSSR count). The van der Waals surface area contributed by atoms with Crippen molar-refractivity contribution >= 4 is 0 Å². The Morgan fingerprint density at radius 1 is 1.29 bits per heavy atom. The van der Waals surface area contributed by atoms with E-state index in [9.17, 15) is 0 Å². The summed E-state index contributed by atoms with van der Waals surface area (Å²) in [5.41, 5.74) is 0. The van der Waals surface area contributed by atoms with Gasteiger partial charge < -0.3 is 9.64 Å². The fraction of sp³-hybridized carbons (Fsp3) is 0.692. The Morgan fingerprint density at radius 2 is 2.12 bits per heavy atom. The van der Waals surface area contributed by atoms with Crippen LogP contribution in [0.3, 0.4) is 0 Å². The molecule has 4 nitrogen and oxygen atoms in total. The largest absolute Gasteiger partial charge is 0.478 e. The first kappa shape index (κ1) is 12.3. The van der Waals surface area contributed by atoms with Gasteiger partial charge in [0.1, 0.15) is 5.82 Å². The molecular weight excluding hydrogens is 214 g/mol. The first-order chi connectivity index (χ1) is 8.34. The zero-order chi connectivity index (χ0) is 11.9. The Bertz CT molecular complexity index is 337. The predicted molar refractivity (Wildman–Crippen MR) is 67.2 cm³/mol. The summed E-state index contributed by atoms with van der Waals surface area (Å²) in [6.07, 6.45) is 6.91. The summed E-state index contributed by atoms with van der Waals surface area (Å²) in [5, 5.41) is 0. The Balaban J connectivity index is 1.62. The lowest BCUT2D eigenvalue weighted by Crippen LogP contribution is -2.31. The summed E-state index contributed by atoms with van der Waals surface area (Å²) in [6.45, 7) is 6.27. The normalized spacial score (nSPS) is 17.0. The van der Waals surface area contributed by atoms with Gasteiger partial charge in [0, 0.05) is 18.8 Å². The number of ether oxygens (including phenoxy) is 1. The van der Waals surface area contributed by atoms with Crippen LogP contribution in [0.4, 0.5) is 0 Å². The van der Waals surface area contributed by atoms with Crippen LogP contribution in [-0.4, -0.2) is 41.1 Å². The van der Waals surface area contributed by atoms with Crippen LogP contribution in [0.5, 0.6) is 5.88 Å². The molecule has 0 saturated carbocycles. The van der Waals surface area contributed by atoms with Gasteiger partial charge in [-0.1, -0.05) is 6.42 Å². The highest BCUT2D eigenvalue weighted by Gasteiger charge is 2.09. The van der Waals surface area contributed by atoms with E-state index in [1.54, 1.807) is 6.20 Å². The average Bonchev–Trinajstić information content (AvgIpc) is 2.36. The van der Waals surface area contributed by atoms with Crippen LogP contribution >= 0.6 is 0 Å². The monoisotopic (exact) mass is 235 g/mol. The minimum atomic E-state index is 0.691. The van der Waals surface area contributed by atoms with Gasteiger partial charge in [0.05, 0.1) is 6.61 Å². The van der Waals surface area contributed by atoms with Gasteiger partial charge in [-0.3, -0.25) is 0 Å². The van der Waals surface area contributed by atoms with E-state index < -0.39 is 0 Å². The Hall–Kier alpha value is -1.16. The highest BCUT2D eigenvalue weighted by atomic mass is 16.5. The van der Waals surface area contributed by atoms with Crippen molar-refractivity contribution in [3.8, 4) is 5.88 Å². The maximum atomic E-state index is 5.60. The fourth-order valence-electron chi connectivity index (χ4n) is 2.16. The quantitative estimate of drug-likeness (QED) is 0.732. The molecule has 0 atom stereocenters. The van der Waals surface area contributed by atoms with E-state index in [-0.39, 0.29) is 0 Å². The molecule has 0 N–H and O–H groups in total. The molecule has 2 heterocycles. The summed E-state index contributed by atoms with van der Waals surface area (Å²) < 4.78 is 5.60. The topological polar surface area (TPSA) is 38.2 Å². The van der Waals surface area contributed by atoms with E-state index >= 15 is 0 Å². The molecule has 94 valence electrons. The molecule has 0 aliphatic carbocycles. The second-order valence-electron chi connectivity index (χ2n) is 4.55. The maximum Gasteiger partial charge on any atom is 0.216 e. The summed E-state index contributed by atoms with van der Waals surface area (Å²) in [7, 11) is 0. The number of nitrogens with zero attached hydrogens (tertiary/aromatic N) is 3. The molecule has 17 heavy (non-hydrogen) atoms. The van der Waals surface area contributed by atoms with Crippen LogP contribution in [0.2, 0.25) is 0 Å². The minimum Gasteiger partial charge on any atom is -0.478 e. The molecule has 0 aromatic carbocycles. The SMILES string of the molecule is Cc1nccc(OCCCN2CCCCC2)n1. The van der Waals surface area contributed by atoms with Crippen molar-refractivity contribution < 1.29 is 4.74 Å². The van der Waals surface area contributed by atoms with Crippen LogP contribution in [-0.2, 0) is 0 Å². The van der Waals surface area contributed by atoms with Gasteiger partial charge in [-0.25, -0.2) is 4.98 Å². The third-order valence-electron chi connectivity index (χ3n) is 3.07. The number of hydrogen-bond acceptors (Lipinski definition) is 4. The Kier molecular flexibility index (Phi) is 4.74. The van der Waals surface area contributed by atoms with E-state index in [1.165, 1.54) is 32.4 Å². The van der Waals surface area contributed by atoms with Crippen molar-refractivity contribution in [2.45, 2.75) is 32.6 Å². The molecule has 0 unspecified atom stereocenters. The summed E-state index contributed by atoms with van der Waals surface area (Å²) in [6, 6.07) is 1.81. The number of rotatable bonds is 5. The Labute approximate surface area is 103 Å². The molecule has 0 amide bonds. The number of aryl methyl sites for hydroxylation is 1. The number of piperidine rings is 1. The molecule has 1 aliphatic rings. The lowest BCUT2D eigenvalue weighted by Gasteiger charge is -2.26. The molecule has 1 fully saturated rings. The molecule has 1 aliphatic heterocycles. The molecule has 1 aromatic heterocycles. The number of likely N-dealkylation sites (tertiary alicyclic amines) is 1. The third kappa shape index (κ3) is 4.30. The van der Waals surface area contributed by atoms with Crippen LogP contribution in [0.15, 0.2) is 12.3 Å². The second-order valence-corrected chi connectivity index (χ2v) is 4.55. The van der Waals surface area contributed by atoms with E-state index in [0.717, 1.165) is 25.4 Å². The smallest absolute Gasteiger partial charge is 0.216 e. The first-order valence-corrected chi connectivity index (χ1v) is 6.49. The Morgan fingerprint density at radius 3 is 2.88 bits per heavy atom. The van der Waals surface area contributed by atoms with E-state index in [1.807, 2.05) is 13.0 Å². The zero-order valence-electron chi connectivity index (χ0n) is 10.6. The summed E-state index contributed by atoms with van der Waals surface area (Å²) >= 11 is 0. The second kappa shape index (κ2) is 6.55. The first-order valence-electron chi connectivity index (χ1n) is 6.49. The zero-order valence-corrected chi connectivity index (χ0v) is 10.6. The van der Waals surface area contributed by atoms with Gasteiger partial charge in [0.2, 0.25) is 5.88 Å². The maximum absolute atomic E-state index is 5.60. The molecule has 0 spiro atoms. The minimum absolute atomic E-state index is 0.691. The molecule has 4 heteroatoms. The van der Waals surface area contributed by atoms with Crippen LogP contribution in [0, 0.1) is 6.92 Å². The lowest BCUT2D eigenvalue weighted by molar-refractivity contribution is 0.203. The highest BCUT2D eigenvalue weighted by Crippen LogP contribution is 2.09. The van der Waals surface area contributed by atoms with Crippen LogP contribution in [0.1, 0.15) is 31.5 Å². The van der Waals surface area contributed by atoms with E-state index in [2.05, 4.69) is 14.9 Å². The molecular formula is C13H21N3O. The van der Waals surface area contributed by atoms with Crippen molar-refractivity contribution in [2.75, 3.05) is 26.2 Å². The number of aromatic nitrogens is 2. The summed E-state index contributed by atoms with van der Waals surface area (Å²) in [4.78, 5) is 10.8. The predicted octanol–water partition coefficient (Wildman–Crippen LogP) is 2.04. The van der Waals surface area contributed by atoms with Gasteiger partial charge in [-0.2, -0.15) is 4.98 Å². The van der Waals surface area contributed by atoms with Gasteiger partial charge in [0.15, 0.2) is 0 Å². The fourth-order valence-corrected chi connectivity index (χ4v) is 2.16. The standard InChI is InChI=1S/C13H21N3O/c1-12-14-7-6-13(15-12)17-11-5-10-16-8-3-2-4-9-16/h6-7H,2-5,8-11H2,1H3. The van der Waals surface area contributed by atoms with Gasteiger partial charge in [-0.05, 0) is 39.3 Å². The van der Waals surface area contributed by atoms with Gasteiger partial charge in [0.25, 0.3) is 0 Å².